The molecule has 1 fully saturated rings. The van der Waals surface area contributed by atoms with Gasteiger partial charge in [0, 0.05) is 24.7 Å². The average Bonchev–Trinajstić information content (AvgIpc) is 3.09. The number of nitrogens with one attached hydrogen (secondary N) is 1. The number of hydrogen-bond donors (Lipinski definition) is 2. The van der Waals surface area contributed by atoms with E-state index in [2.05, 4.69) is 17.1 Å². The number of nitrogens with zero attached hydrogens (tertiary/aromatic N) is 1. The fourth-order valence-corrected chi connectivity index (χ4v) is 6.39. The van der Waals surface area contributed by atoms with Crippen LogP contribution in [0.5, 0.6) is 0 Å². The lowest BCUT2D eigenvalue weighted by Crippen LogP contribution is -2.37. The molecular formula is C27H26FN3O3S. The molecule has 2 heterocycles. The summed E-state index contributed by atoms with van der Waals surface area (Å²) in [5, 5.41) is 0.939. The number of allylic oxidation sites excluding steroid dienone is 6. The molecule has 1 aliphatic heterocycles. The van der Waals surface area contributed by atoms with Gasteiger partial charge in [0.05, 0.1) is 16.0 Å². The molecule has 2 aromatic carbocycles. The summed E-state index contributed by atoms with van der Waals surface area (Å²) in [5.41, 5.74) is 9.97. The zero-order chi connectivity index (χ0) is 24.6. The van der Waals surface area contributed by atoms with Crippen LogP contribution in [0, 0.1) is 5.82 Å². The van der Waals surface area contributed by atoms with Gasteiger partial charge in [-0.05, 0) is 78.3 Å². The highest BCUT2D eigenvalue weighted by atomic mass is 32.2. The topological polar surface area (TPSA) is 96.3 Å². The van der Waals surface area contributed by atoms with E-state index in [1.165, 1.54) is 16.4 Å². The van der Waals surface area contributed by atoms with Crippen LogP contribution in [-0.2, 0) is 10.0 Å². The summed E-state index contributed by atoms with van der Waals surface area (Å²) in [7, 11) is -3.68. The highest BCUT2D eigenvalue weighted by Gasteiger charge is 2.31. The molecule has 1 amide bonds. The number of aromatic nitrogens is 1. The normalized spacial score (nSPS) is 17.5. The van der Waals surface area contributed by atoms with E-state index in [1.54, 1.807) is 0 Å². The summed E-state index contributed by atoms with van der Waals surface area (Å²) in [6, 6.07) is 8.85. The number of fused-ring (bicyclic) bond motifs is 1. The Morgan fingerprint density at radius 1 is 1.06 bits per heavy atom. The highest BCUT2D eigenvalue weighted by Crippen LogP contribution is 2.37. The van der Waals surface area contributed by atoms with E-state index in [9.17, 15) is 17.6 Å². The number of halogens is 1. The predicted molar refractivity (Wildman–Crippen MR) is 135 cm³/mol. The van der Waals surface area contributed by atoms with E-state index in [0.717, 1.165) is 40.6 Å². The van der Waals surface area contributed by atoms with Gasteiger partial charge < -0.3 is 10.7 Å². The molecule has 1 saturated heterocycles. The van der Waals surface area contributed by atoms with Crippen molar-refractivity contribution in [1.29, 1.82) is 0 Å². The second-order valence-electron chi connectivity index (χ2n) is 8.90. The number of amides is 1. The predicted octanol–water partition coefficient (Wildman–Crippen LogP) is 4.87. The third-order valence-corrected chi connectivity index (χ3v) is 8.71. The Labute approximate surface area is 203 Å². The van der Waals surface area contributed by atoms with E-state index < -0.39 is 21.7 Å². The second kappa shape index (κ2) is 9.28. The summed E-state index contributed by atoms with van der Waals surface area (Å²) in [5.74, 6) is -0.837. The molecule has 0 saturated carbocycles. The van der Waals surface area contributed by atoms with E-state index in [1.807, 2.05) is 36.6 Å². The summed E-state index contributed by atoms with van der Waals surface area (Å²) in [4.78, 5) is 15.6. The molecule has 35 heavy (non-hydrogen) atoms. The summed E-state index contributed by atoms with van der Waals surface area (Å²) >= 11 is 0. The number of sulfonamides is 1. The molecule has 2 aliphatic rings. The fourth-order valence-electron chi connectivity index (χ4n) is 4.92. The zero-order valence-corrected chi connectivity index (χ0v) is 19.9. The van der Waals surface area contributed by atoms with Crippen LogP contribution in [0.1, 0.15) is 46.7 Å². The molecule has 0 bridgehead atoms. The van der Waals surface area contributed by atoms with Crippen LogP contribution in [0.3, 0.4) is 0 Å². The van der Waals surface area contributed by atoms with Gasteiger partial charge in [-0.2, -0.15) is 4.31 Å². The van der Waals surface area contributed by atoms with Gasteiger partial charge in [0.2, 0.25) is 10.0 Å². The number of carbonyl (C=O) groups is 1. The summed E-state index contributed by atoms with van der Waals surface area (Å²) in [6.45, 7) is 0.723. The van der Waals surface area contributed by atoms with Gasteiger partial charge in [0.25, 0.3) is 5.91 Å². The molecule has 1 aromatic heterocycles. The lowest BCUT2D eigenvalue weighted by molar-refractivity contribution is 0.100. The van der Waals surface area contributed by atoms with Gasteiger partial charge in [-0.15, -0.1) is 0 Å². The number of aromatic amines is 1. The minimum Gasteiger partial charge on any atom is -0.366 e. The molecule has 0 unspecified atom stereocenters. The van der Waals surface area contributed by atoms with Gasteiger partial charge >= 0.3 is 0 Å². The van der Waals surface area contributed by atoms with Crippen LogP contribution in [0.15, 0.2) is 77.9 Å². The number of carbonyl (C=O) groups excluding carboxylic acids is 1. The molecule has 6 nitrogen and oxygen atoms in total. The van der Waals surface area contributed by atoms with Gasteiger partial charge in [0.15, 0.2) is 0 Å². The highest BCUT2D eigenvalue weighted by molar-refractivity contribution is 7.89. The number of hydrogen-bond acceptors (Lipinski definition) is 3. The number of piperidine rings is 1. The molecule has 1 aliphatic carbocycles. The Morgan fingerprint density at radius 3 is 2.51 bits per heavy atom. The maximum atomic E-state index is 13.2. The van der Waals surface area contributed by atoms with Crippen LogP contribution in [0.2, 0.25) is 0 Å². The molecule has 0 atom stereocenters. The van der Waals surface area contributed by atoms with Crippen molar-refractivity contribution in [3.63, 3.8) is 0 Å². The molecule has 3 N–H and O–H groups in total. The Hall–Kier alpha value is -3.49. The largest absolute Gasteiger partial charge is 0.366 e. The lowest BCUT2D eigenvalue weighted by atomic mass is 9.88. The van der Waals surface area contributed by atoms with Crippen LogP contribution in [0.4, 0.5) is 4.39 Å². The maximum Gasteiger partial charge on any atom is 0.250 e. The van der Waals surface area contributed by atoms with Crippen molar-refractivity contribution in [2.45, 2.75) is 30.1 Å². The molecule has 0 radical (unpaired) electrons. The standard InChI is InChI=1S/C27H26FN3O3S/c28-21-7-9-22(10-8-21)35(33,34)31-13-11-19(12-14-31)25-17-30-26-23(25)15-20(16-24(26)27(29)32)18-5-3-1-2-4-6-18/h1-5,7-10,15-17,19,30H,6,11-14H2,(H2,29,32). The third-order valence-electron chi connectivity index (χ3n) is 6.80. The van der Waals surface area contributed by atoms with Gasteiger partial charge in [-0.25, -0.2) is 12.8 Å². The SMILES string of the molecule is NC(=O)c1cc(C2=CC=CC=CC2)cc2c(C3CCN(S(=O)(=O)c4ccc(F)cc4)CC3)c[nH]c12. The van der Waals surface area contributed by atoms with Crippen molar-refractivity contribution in [2.24, 2.45) is 5.73 Å². The van der Waals surface area contributed by atoms with Gasteiger partial charge in [0.1, 0.15) is 5.82 Å². The number of nitrogens with two attached hydrogens (primary N) is 1. The first-order valence-corrected chi connectivity index (χ1v) is 13.0. The number of benzene rings is 2. The summed E-state index contributed by atoms with van der Waals surface area (Å²) in [6.07, 6.45) is 14.0. The smallest absolute Gasteiger partial charge is 0.250 e. The number of H-pyrrole nitrogens is 1. The van der Waals surface area contributed by atoms with Gasteiger partial charge in [-0.3, -0.25) is 4.79 Å². The Bertz CT molecular complexity index is 1480. The minimum absolute atomic E-state index is 0.0972. The van der Waals surface area contributed by atoms with Crippen LogP contribution in [0.25, 0.3) is 16.5 Å². The molecule has 0 spiro atoms. The third kappa shape index (κ3) is 4.47. The van der Waals surface area contributed by atoms with Crippen LogP contribution >= 0.6 is 0 Å². The number of rotatable bonds is 5. The van der Waals surface area contributed by atoms with E-state index in [-0.39, 0.29) is 10.8 Å². The van der Waals surface area contributed by atoms with Crippen LogP contribution < -0.4 is 5.73 Å². The van der Waals surface area contributed by atoms with Crippen molar-refractivity contribution in [3.8, 4) is 0 Å². The quantitative estimate of drug-likeness (QED) is 0.533. The Morgan fingerprint density at radius 2 is 1.80 bits per heavy atom. The molecule has 5 rings (SSSR count). The van der Waals surface area contributed by atoms with E-state index >= 15 is 0 Å². The van der Waals surface area contributed by atoms with Crippen molar-refractivity contribution in [1.82, 2.24) is 9.29 Å². The zero-order valence-electron chi connectivity index (χ0n) is 19.1. The monoisotopic (exact) mass is 491 g/mol. The second-order valence-corrected chi connectivity index (χ2v) is 10.8. The first-order chi connectivity index (χ1) is 16.8. The molecule has 8 heteroatoms. The van der Waals surface area contributed by atoms with Crippen molar-refractivity contribution in [3.05, 3.63) is 95.5 Å². The molecule has 3 aromatic rings. The van der Waals surface area contributed by atoms with E-state index in [4.69, 9.17) is 5.73 Å². The minimum atomic E-state index is -3.68. The van der Waals surface area contributed by atoms with Crippen molar-refractivity contribution >= 4 is 32.4 Å². The van der Waals surface area contributed by atoms with Crippen molar-refractivity contribution < 1.29 is 17.6 Å². The summed E-state index contributed by atoms with van der Waals surface area (Å²) < 4.78 is 40.7. The first kappa shape index (κ1) is 23.3. The van der Waals surface area contributed by atoms with Gasteiger partial charge in [-0.1, -0.05) is 30.4 Å². The number of primary amides is 1. The first-order valence-electron chi connectivity index (χ1n) is 11.6. The van der Waals surface area contributed by atoms with Crippen molar-refractivity contribution in [2.75, 3.05) is 13.1 Å². The Balaban J connectivity index is 1.44. The maximum absolute atomic E-state index is 13.2. The fraction of sp³-hybridized carbons (Fsp3) is 0.222. The Kier molecular flexibility index (Phi) is 6.17. The van der Waals surface area contributed by atoms with E-state index in [0.29, 0.717) is 37.0 Å². The molecular weight excluding hydrogens is 465 g/mol. The lowest BCUT2D eigenvalue weighted by Gasteiger charge is -2.31. The van der Waals surface area contributed by atoms with Crippen LogP contribution in [-0.4, -0.2) is 36.7 Å². The molecule has 180 valence electrons. The average molecular weight is 492 g/mol.